The number of nitrogens with zero attached hydrogens (tertiary/aromatic N) is 1. The number of hydrogen-bond acceptors (Lipinski definition) is 5. The van der Waals surface area contributed by atoms with Crippen molar-refractivity contribution in [2.45, 2.75) is 74.3 Å². The molecule has 190 valence electrons. The molecule has 0 saturated carbocycles. The van der Waals surface area contributed by atoms with Crippen molar-refractivity contribution < 1.29 is 31.1 Å². The first-order valence-corrected chi connectivity index (χ1v) is 13.4. The van der Waals surface area contributed by atoms with E-state index in [2.05, 4.69) is 10.2 Å². The lowest BCUT2D eigenvalue weighted by atomic mass is 9.95. The summed E-state index contributed by atoms with van der Waals surface area (Å²) >= 11 is 0. The van der Waals surface area contributed by atoms with E-state index in [-0.39, 0.29) is 28.8 Å². The van der Waals surface area contributed by atoms with Gasteiger partial charge < -0.3 is 15.0 Å². The van der Waals surface area contributed by atoms with Gasteiger partial charge in [-0.05, 0) is 75.9 Å². The normalized spacial score (nSPS) is 22.7. The number of fused-ring (bicyclic) bond motifs is 2. The van der Waals surface area contributed by atoms with Crippen molar-refractivity contribution in [3.05, 3.63) is 54.1 Å². The number of piperidine rings is 1. The quantitative estimate of drug-likeness (QED) is 0.616. The molecule has 3 atom stereocenters. The summed E-state index contributed by atoms with van der Waals surface area (Å²) in [6.07, 6.45) is -0.147. The summed E-state index contributed by atoms with van der Waals surface area (Å²) < 4.78 is 69.1. The van der Waals surface area contributed by atoms with Gasteiger partial charge in [0, 0.05) is 30.1 Å². The van der Waals surface area contributed by atoms with Crippen LogP contribution in [-0.4, -0.2) is 44.3 Å². The number of alkyl halides is 3. The minimum Gasteiger partial charge on any atom is -0.477 e. The Morgan fingerprint density at radius 3 is 2.11 bits per heavy atom. The van der Waals surface area contributed by atoms with E-state index in [1.54, 1.807) is 12.1 Å². The average molecular weight is 511 g/mol. The van der Waals surface area contributed by atoms with E-state index in [4.69, 9.17) is 4.74 Å². The first kappa shape index (κ1) is 25.3. The Labute approximate surface area is 203 Å². The van der Waals surface area contributed by atoms with E-state index in [9.17, 15) is 26.4 Å². The third kappa shape index (κ3) is 5.42. The number of sulfone groups is 1. The molecular formula is C25H29F3N2O4S. The molecule has 1 N–H and O–H groups in total. The van der Waals surface area contributed by atoms with Crippen LogP contribution in [0, 0.1) is 0 Å². The number of carbonyl (C=O) groups excluding carboxylic acids is 1. The molecule has 4 rings (SSSR count). The SMILES string of the molecule is CC(C)(Oc1ccccc1C(F)(F)F)C(=O)NC1C[C@H]2CC[C@@H](C1)N2c1ccc(S(C)(=O)=O)cc1. The lowest BCUT2D eigenvalue weighted by Crippen LogP contribution is -2.55. The minimum atomic E-state index is -4.59. The van der Waals surface area contributed by atoms with E-state index in [0.29, 0.717) is 12.8 Å². The molecule has 2 saturated heterocycles. The van der Waals surface area contributed by atoms with Crippen molar-refractivity contribution in [1.29, 1.82) is 0 Å². The first-order chi connectivity index (χ1) is 16.3. The van der Waals surface area contributed by atoms with Gasteiger partial charge in [-0.2, -0.15) is 13.2 Å². The molecule has 1 unspecified atom stereocenters. The fraction of sp³-hybridized carbons (Fsp3) is 0.480. The van der Waals surface area contributed by atoms with Crippen molar-refractivity contribution in [2.24, 2.45) is 0 Å². The highest BCUT2D eigenvalue weighted by atomic mass is 32.2. The molecule has 2 heterocycles. The van der Waals surface area contributed by atoms with Crippen molar-refractivity contribution in [3.8, 4) is 5.75 Å². The molecule has 0 aromatic heterocycles. The number of rotatable bonds is 6. The smallest absolute Gasteiger partial charge is 0.419 e. The van der Waals surface area contributed by atoms with E-state index in [0.717, 1.165) is 24.6 Å². The minimum absolute atomic E-state index is 0.132. The molecule has 2 aromatic carbocycles. The fourth-order valence-corrected chi connectivity index (χ4v) is 5.68. The average Bonchev–Trinajstić information content (AvgIpc) is 3.03. The zero-order valence-electron chi connectivity index (χ0n) is 19.8. The second kappa shape index (κ2) is 9.04. The monoisotopic (exact) mass is 510 g/mol. The number of para-hydroxylation sites is 1. The maximum atomic E-state index is 13.3. The summed E-state index contributed by atoms with van der Waals surface area (Å²) in [4.78, 5) is 15.6. The molecule has 2 aliphatic rings. The van der Waals surface area contributed by atoms with Gasteiger partial charge in [0.15, 0.2) is 15.4 Å². The predicted molar refractivity (Wildman–Crippen MR) is 126 cm³/mol. The van der Waals surface area contributed by atoms with Gasteiger partial charge in [-0.25, -0.2) is 8.42 Å². The van der Waals surface area contributed by atoms with Crippen molar-refractivity contribution in [1.82, 2.24) is 5.32 Å². The molecule has 2 aromatic rings. The van der Waals surface area contributed by atoms with Gasteiger partial charge in [-0.1, -0.05) is 12.1 Å². The zero-order valence-corrected chi connectivity index (χ0v) is 20.6. The van der Waals surface area contributed by atoms with Gasteiger partial charge in [0.1, 0.15) is 5.75 Å². The van der Waals surface area contributed by atoms with Gasteiger partial charge in [0.05, 0.1) is 10.5 Å². The molecule has 10 heteroatoms. The molecule has 0 radical (unpaired) electrons. The Morgan fingerprint density at radius 1 is 1.00 bits per heavy atom. The third-order valence-corrected chi connectivity index (χ3v) is 7.86. The van der Waals surface area contributed by atoms with Crippen LogP contribution in [0.3, 0.4) is 0 Å². The summed E-state index contributed by atoms with van der Waals surface area (Å²) in [6, 6.07) is 11.9. The van der Waals surface area contributed by atoms with Crippen LogP contribution >= 0.6 is 0 Å². The van der Waals surface area contributed by atoms with Gasteiger partial charge in [0.25, 0.3) is 5.91 Å². The highest BCUT2D eigenvalue weighted by Crippen LogP contribution is 2.40. The number of nitrogens with one attached hydrogen (secondary N) is 1. The highest BCUT2D eigenvalue weighted by molar-refractivity contribution is 7.90. The lowest BCUT2D eigenvalue weighted by molar-refractivity contribution is -0.143. The number of halogens is 3. The Balaban J connectivity index is 1.42. The first-order valence-electron chi connectivity index (χ1n) is 11.5. The van der Waals surface area contributed by atoms with Crippen LogP contribution in [0.2, 0.25) is 0 Å². The van der Waals surface area contributed by atoms with Crippen LogP contribution in [0.15, 0.2) is 53.4 Å². The van der Waals surface area contributed by atoms with Crippen LogP contribution in [0.5, 0.6) is 5.75 Å². The van der Waals surface area contributed by atoms with Gasteiger partial charge in [0.2, 0.25) is 0 Å². The lowest BCUT2D eigenvalue weighted by Gasteiger charge is -2.41. The molecule has 2 aliphatic heterocycles. The second-order valence-electron chi connectivity index (χ2n) is 9.81. The molecule has 1 amide bonds. The molecule has 2 bridgehead atoms. The Hall–Kier alpha value is -2.75. The van der Waals surface area contributed by atoms with Crippen LogP contribution in [0.4, 0.5) is 18.9 Å². The molecule has 2 fully saturated rings. The number of ether oxygens (including phenoxy) is 1. The van der Waals surface area contributed by atoms with Crippen molar-refractivity contribution in [3.63, 3.8) is 0 Å². The Kier molecular flexibility index (Phi) is 6.54. The molecule has 0 spiro atoms. The predicted octanol–water partition coefficient (Wildman–Crippen LogP) is 4.58. The van der Waals surface area contributed by atoms with Crippen LogP contribution < -0.4 is 15.0 Å². The van der Waals surface area contributed by atoms with Crippen LogP contribution in [0.1, 0.15) is 45.1 Å². The standard InChI is InChI=1S/C25H29F3N2O4S/c1-24(2,34-22-7-5-4-6-21(22)25(26,27)28)23(31)29-16-14-18-8-9-19(15-16)30(18)17-10-12-20(13-11-17)35(3,32)33/h4-7,10-13,16,18-19H,8-9,14-15H2,1-3H3,(H,29,31)/t16?,18-,19+. The summed E-state index contributed by atoms with van der Waals surface area (Å²) in [5.74, 6) is -0.850. The Bertz CT molecular complexity index is 1180. The Morgan fingerprint density at radius 2 is 1.57 bits per heavy atom. The molecule has 0 aliphatic carbocycles. The third-order valence-electron chi connectivity index (χ3n) is 6.74. The summed E-state index contributed by atoms with van der Waals surface area (Å²) in [5, 5.41) is 2.99. The van der Waals surface area contributed by atoms with Crippen LogP contribution in [-0.2, 0) is 20.8 Å². The number of hydrogen-bond donors (Lipinski definition) is 1. The summed E-state index contributed by atoms with van der Waals surface area (Å²) in [6.45, 7) is 2.92. The summed E-state index contributed by atoms with van der Waals surface area (Å²) in [5.41, 5.74) is -1.48. The number of benzene rings is 2. The zero-order chi connectivity index (χ0) is 25.6. The van der Waals surface area contributed by atoms with E-state index in [1.165, 1.54) is 38.3 Å². The molecule has 35 heavy (non-hydrogen) atoms. The number of carbonyl (C=O) groups is 1. The fourth-order valence-electron chi connectivity index (χ4n) is 5.05. The van der Waals surface area contributed by atoms with Gasteiger partial charge >= 0.3 is 6.18 Å². The number of amides is 1. The van der Waals surface area contributed by atoms with Crippen molar-refractivity contribution >= 4 is 21.4 Å². The van der Waals surface area contributed by atoms with Crippen molar-refractivity contribution in [2.75, 3.05) is 11.2 Å². The largest absolute Gasteiger partial charge is 0.477 e. The number of anilines is 1. The molecule has 6 nitrogen and oxygen atoms in total. The highest BCUT2D eigenvalue weighted by Gasteiger charge is 2.43. The van der Waals surface area contributed by atoms with Gasteiger partial charge in [-0.3, -0.25) is 4.79 Å². The second-order valence-corrected chi connectivity index (χ2v) is 11.8. The summed E-state index contributed by atoms with van der Waals surface area (Å²) in [7, 11) is -3.27. The van der Waals surface area contributed by atoms with E-state index in [1.807, 2.05) is 12.1 Å². The maximum absolute atomic E-state index is 13.3. The molecular weight excluding hydrogens is 481 g/mol. The maximum Gasteiger partial charge on any atom is 0.419 e. The van der Waals surface area contributed by atoms with Crippen LogP contribution in [0.25, 0.3) is 0 Å². The topological polar surface area (TPSA) is 75.7 Å². The van der Waals surface area contributed by atoms with Gasteiger partial charge in [-0.15, -0.1) is 0 Å². The van der Waals surface area contributed by atoms with E-state index >= 15 is 0 Å². The van der Waals surface area contributed by atoms with E-state index < -0.39 is 33.1 Å².